The summed E-state index contributed by atoms with van der Waals surface area (Å²) in [6.07, 6.45) is 5.75. The normalized spacial score (nSPS) is 15.6. The molecule has 0 spiro atoms. The number of para-hydroxylation sites is 1. The Labute approximate surface area is 294 Å². The summed E-state index contributed by atoms with van der Waals surface area (Å²) in [4.78, 5) is 38.6. The second-order valence-electron chi connectivity index (χ2n) is 12.7. The highest BCUT2D eigenvalue weighted by Crippen LogP contribution is 2.47. The van der Waals surface area contributed by atoms with Gasteiger partial charge in [0.15, 0.2) is 26.3 Å². The van der Waals surface area contributed by atoms with Gasteiger partial charge in [-0.2, -0.15) is 0 Å². The molecule has 50 heavy (non-hydrogen) atoms. The third kappa shape index (κ3) is 9.63. The lowest BCUT2D eigenvalue weighted by molar-refractivity contribution is -0.138. The average Bonchev–Trinajstić information content (AvgIpc) is 3.18. The molecule has 0 aliphatic carbocycles. The highest BCUT2D eigenvalue weighted by atomic mass is 32.2. The number of rotatable bonds is 16. The van der Waals surface area contributed by atoms with Crippen molar-refractivity contribution in [1.29, 1.82) is 0 Å². The van der Waals surface area contributed by atoms with Crippen LogP contribution in [0, 0.1) is 5.41 Å². The van der Waals surface area contributed by atoms with Crippen molar-refractivity contribution in [1.82, 2.24) is 10.6 Å². The predicted molar refractivity (Wildman–Crippen MR) is 190 cm³/mol. The lowest BCUT2D eigenvalue weighted by atomic mass is 9.79. The van der Waals surface area contributed by atoms with E-state index in [1.54, 1.807) is 30.3 Å². The van der Waals surface area contributed by atoms with Crippen LogP contribution in [0.15, 0.2) is 82.6 Å². The van der Waals surface area contributed by atoms with Gasteiger partial charge in [0.05, 0.1) is 16.3 Å². The summed E-state index contributed by atoms with van der Waals surface area (Å²) in [5.74, 6) is -3.34. The lowest BCUT2D eigenvalue weighted by Gasteiger charge is -2.37. The van der Waals surface area contributed by atoms with Gasteiger partial charge in [0, 0.05) is 30.0 Å². The molecule has 0 radical (unpaired) electrons. The van der Waals surface area contributed by atoms with E-state index in [0.29, 0.717) is 30.6 Å². The van der Waals surface area contributed by atoms with Gasteiger partial charge in [-0.1, -0.05) is 88.1 Å². The molecule has 3 aromatic carbocycles. The molecular weight excluding hydrogens is 683 g/mol. The van der Waals surface area contributed by atoms with Crippen LogP contribution in [0.25, 0.3) is 0 Å². The van der Waals surface area contributed by atoms with Crippen molar-refractivity contribution in [3.8, 4) is 5.75 Å². The SMILES string of the molecule is CCCCC1(CCCC)CN(c2ccccc2)c2cc(S(C)(=O)=O)c(OCC(=O)N[C@@H](C(=O)NCC(=O)O)c3ccccc3)cc2S(=O)(=O)C1. The summed E-state index contributed by atoms with van der Waals surface area (Å²) in [6.45, 7) is 3.04. The fourth-order valence-electron chi connectivity index (χ4n) is 6.27. The van der Waals surface area contributed by atoms with E-state index < -0.39 is 62.1 Å². The van der Waals surface area contributed by atoms with Crippen LogP contribution in [0.2, 0.25) is 0 Å². The lowest BCUT2D eigenvalue weighted by Crippen LogP contribution is -2.43. The van der Waals surface area contributed by atoms with Crippen LogP contribution in [0.4, 0.5) is 11.4 Å². The van der Waals surface area contributed by atoms with Gasteiger partial charge in [-0.25, -0.2) is 16.8 Å². The van der Waals surface area contributed by atoms with E-state index in [1.165, 1.54) is 12.1 Å². The monoisotopic (exact) mass is 727 g/mol. The quantitative estimate of drug-likeness (QED) is 0.186. The Morgan fingerprint density at radius 2 is 1.56 bits per heavy atom. The van der Waals surface area contributed by atoms with Crippen LogP contribution < -0.4 is 20.3 Å². The number of hydrogen-bond donors (Lipinski definition) is 3. The number of nitrogens with zero attached hydrogens (tertiary/aromatic N) is 1. The number of carbonyl (C=O) groups excluding carboxylic acids is 2. The number of sulfone groups is 2. The molecule has 3 aromatic rings. The minimum Gasteiger partial charge on any atom is -0.482 e. The Kier molecular flexibility index (Phi) is 12.7. The second-order valence-corrected chi connectivity index (χ2v) is 16.7. The van der Waals surface area contributed by atoms with Gasteiger partial charge in [-0.15, -0.1) is 0 Å². The molecule has 3 N–H and O–H groups in total. The third-order valence-corrected chi connectivity index (χ3v) is 11.8. The van der Waals surface area contributed by atoms with Crippen LogP contribution in [-0.4, -0.2) is 71.4 Å². The Bertz CT molecular complexity index is 1880. The average molecular weight is 728 g/mol. The zero-order chi connectivity index (χ0) is 36.5. The molecule has 0 aromatic heterocycles. The van der Waals surface area contributed by atoms with Crippen molar-refractivity contribution >= 4 is 48.8 Å². The molecule has 1 heterocycles. The smallest absolute Gasteiger partial charge is 0.322 e. The van der Waals surface area contributed by atoms with E-state index >= 15 is 0 Å². The number of benzene rings is 3. The Hall–Kier alpha value is -4.43. The number of anilines is 2. The van der Waals surface area contributed by atoms with Crippen molar-refractivity contribution in [2.75, 3.05) is 36.6 Å². The predicted octanol–water partition coefficient (Wildman–Crippen LogP) is 4.82. The van der Waals surface area contributed by atoms with Gasteiger partial charge in [0.1, 0.15) is 23.2 Å². The van der Waals surface area contributed by atoms with Gasteiger partial charge in [-0.3, -0.25) is 14.4 Å². The fraction of sp³-hybridized carbons (Fsp3) is 0.417. The number of amides is 2. The fourth-order valence-corrected chi connectivity index (χ4v) is 9.19. The Morgan fingerprint density at radius 1 is 0.960 bits per heavy atom. The van der Waals surface area contributed by atoms with Crippen molar-refractivity contribution in [3.05, 3.63) is 78.4 Å². The Morgan fingerprint density at radius 3 is 2.12 bits per heavy atom. The minimum absolute atomic E-state index is 0.103. The van der Waals surface area contributed by atoms with E-state index in [4.69, 9.17) is 9.84 Å². The van der Waals surface area contributed by atoms with Crippen LogP contribution in [0.3, 0.4) is 0 Å². The molecule has 0 bridgehead atoms. The maximum Gasteiger partial charge on any atom is 0.322 e. The van der Waals surface area contributed by atoms with Gasteiger partial charge < -0.3 is 25.4 Å². The third-order valence-electron chi connectivity index (χ3n) is 8.70. The number of carbonyl (C=O) groups is 3. The first-order chi connectivity index (χ1) is 23.7. The molecule has 1 atom stereocenters. The number of aliphatic carboxylic acids is 1. The molecule has 14 heteroatoms. The standard InChI is InChI=1S/C36H45N3O9S2/c1-4-6-18-36(19-7-5-2)24-39(27-16-12-9-13-17-27)28-20-31(49(3,44)45)29(21-30(28)50(46,47)25-36)48-23-32(40)38-34(26-14-10-8-11-15-26)35(43)37-22-33(41)42/h8-17,20-21,34H,4-7,18-19,22-25H2,1-3H3,(H,37,43)(H,38,40)(H,41,42)/t34-/m1/s1. The first-order valence-corrected chi connectivity index (χ1v) is 20.1. The van der Waals surface area contributed by atoms with Crippen molar-refractivity contribution < 1.29 is 41.1 Å². The van der Waals surface area contributed by atoms with E-state index in [-0.39, 0.29) is 27.0 Å². The van der Waals surface area contributed by atoms with Crippen molar-refractivity contribution in [2.45, 2.75) is 68.2 Å². The number of unbranched alkanes of at least 4 members (excludes halogenated alkanes) is 2. The largest absolute Gasteiger partial charge is 0.482 e. The summed E-state index contributed by atoms with van der Waals surface area (Å²) in [5, 5.41) is 13.8. The van der Waals surface area contributed by atoms with Gasteiger partial charge in [-0.05, 0) is 36.6 Å². The van der Waals surface area contributed by atoms with E-state index in [2.05, 4.69) is 24.5 Å². The number of hydrogen-bond acceptors (Lipinski definition) is 9. The molecule has 1 aliphatic heterocycles. The maximum atomic E-state index is 14.4. The summed E-state index contributed by atoms with van der Waals surface area (Å²) in [5.41, 5.74) is 0.679. The summed E-state index contributed by atoms with van der Waals surface area (Å²) >= 11 is 0. The zero-order valence-electron chi connectivity index (χ0n) is 28.6. The zero-order valence-corrected chi connectivity index (χ0v) is 30.2. The van der Waals surface area contributed by atoms with Crippen molar-refractivity contribution in [3.63, 3.8) is 0 Å². The molecule has 0 saturated heterocycles. The van der Waals surface area contributed by atoms with Crippen LogP contribution in [0.5, 0.6) is 5.75 Å². The number of carboxylic acids is 1. The van der Waals surface area contributed by atoms with Crippen LogP contribution in [-0.2, 0) is 34.1 Å². The number of nitrogens with one attached hydrogen (secondary N) is 2. The molecule has 2 amide bonds. The Balaban J connectivity index is 1.76. The minimum atomic E-state index is -4.02. The van der Waals surface area contributed by atoms with Crippen molar-refractivity contribution in [2.24, 2.45) is 5.41 Å². The van der Waals surface area contributed by atoms with Gasteiger partial charge >= 0.3 is 5.97 Å². The van der Waals surface area contributed by atoms with Crippen LogP contribution >= 0.6 is 0 Å². The molecule has 0 saturated carbocycles. The number of fused-ring (bicyclic) bond motifs is 1. The molecule has 1 aliphatic rings. The van der Waals surface area contributed by atoms with Gasteiger partial charge in [0.2, 0.25) is 5.91 Å². The first-order valence-electron chi connectivity index (χ1n) is 16.6. The second kappa shape index (κ2) is 16.5. The highest BCUT2D eigenvalue weighted by molar-refractivity contribution is 7.91. The maximum absolute atomic E-state index is 14.4. The topological polar surface area (TPSA) is 176 Å². The van der Waals surface area contributed by atoms with E-state index in [9.17, 15) is 31.2 Å². The van der Waals surface area contributed by atoms with E-state index in [1.807, 2.05) is 35.2 Å². The molecular formula is C36H45N3O9S2. The summed E-state index contributed by atoms with van der Waals surface area (Å²) in [7, 11) is -8.03. The van der Waals surface area contributed by atoms with Crippen LogP contribution in [0.1, 0.15) is 64.0 Å². The summed E-state index contributed by atoms with van der Waals surface area (Å²) < 4.78 is 60.9. The highest BCUT2D eigenvalue weighted by Gasteiger charge is 2.43. The van der Waals surface area contributed by atoms with E-state index in [0.717, 1.165) is 31.9 Å². The molecule has 270 valence electrons. The molecule has 4 rings (SSSR count). The first kappa shape index (κ1) is 38.4. The number of carboxylic acid groups (broad SMARTS) is 1. The van der Waals surface area contributed by atoms with Gasteiger partial charge in [0.25, 0.3) is 5.91 Å². The summed E-state index contributed by atoms with van der Waals surface area (Å²) in [6, 6.07) is 18.6. The number of ether oxygens (including phenoxy) is 1. The molecule has 0 fully saturated rings. The molecule has 0 unspecified atom stereocenters. The molecule has 12 nitrogen and oxygen atoms in total.